The molecule has 26 heavy (non-hydrogen) atoms. The monoisotopic (exact) mass is 477 g/mol. The summed E-state index contributed by atoms with van der Waals surface area (Å²) in [5.74, 6) is 2.26. The Kier molecular flexibility index (Phi) is 10.1. The normalized spacial score (nSPS) is 13.3. The third-order valence-electron chi connectivity index (χ3n) is 4.22. The lowest BCUT2D eigenvalue weighted by Crippen LogP contribution is -2.47. The van der Waals surface area contributed by atoms with Crippen LogP contribution >= 0.6 is 24.0 Å². The second-order valence-electron chi connectivity index (χ2n) is 6.46. The number of halogens is 1. The van der Waals surface area contributed by atoms with Gasteiger partial charge >= 0.3 is 0 Å². The van der Waals surface area contributed by atoms with Gasteiger partial charge < -0.3 is 25.2 Å². The van der Waals surface area contributed by atoms with Gasteiger partial charge in [0.15, 0.2) is 17.5 Å². The minimum Gasteiger partial charge on any atom is -0.454 e. The molecule has 0 unspecified atom stereocenters. The van der Waals surface area contributed by atoms with Crippen LogP contribution in [-0.4, -0.2) is 36.5 Å². The highest BCUT2D eigenvalue weighted by Gasteiger charge is 2.24. The molecule has 0 bridgehead atoms. The summed E-state index contributed by atoms with van der Waals surface area (Å²) in [5.41, 5.74) is 0.372. The van der Waals surface area contributed by atoms with E-state index in [1.807, 2.05) is 25.1 Å². The van der Waals surface area contributed by atoms with Gasteiger partial charge in [-0.15, -0.1) is 24.0 Å². The highest BCUT2D eigenvalue weighted by molar-refractivity contribution is 14.0. The quantitative estimate of drug-likeness (QED) is 0.289. The molecule has 0 saturated carbocycles. The van der Waals surface area contributed by atoms with Crippen molar-refractivity contribution in [1.82, 2.24) is 10.6 Å². The highest BCUT2D eigenvalue weighted by atomic mass is 127. The summed E-state index contributed by atoms with van der Waals surface area (Å²) in [7, 11) is 0. The van der Waals surface area contributed by atoms with E-state index in [1.54, 1.807) is 0 Å². The third kappa shape index (κ3) is 6.83. The zero-order chi connectivity index (χ0) is 18.1. The molecule has 3 N–H and O–H groups in total. The van der Waals surface area contributed by atoms with E-state index in [0.29, 0.717) is 19.0 Å². The number of aliphatic hydroxyl groups is 1. The number of ether oxygens (including phenoxy) is 2. The van der Waals surface area contributed by atoms with Gasteiger partial charge in [-0.05, 0) is 37.5 Å². The van der Waals surface area contributed by atoms with Crippen molar-refractivity contribution in [2.24, 2.45) is 4.99 Å². The molecule has 0 aliphatic carbocycles. The van der Waals surface area contributed by atoms with Crippen molar-refractivity contribution in [2.45, 2.75) is 58.6 Å². The molecule has 1 aromatic carbocycles. The Morgan fingerprint density at radius 1 is 1.12 bits per heavy atom. The summed E-state index contributed by atoms with van der Waals surface area (Å²) in [6, 6.07) is 5.86. The van der Waals surface area contributed by atoms with Crippen LogP contribution in [0.15, 0.2) is 23.2 Å². The number of fused-ring (bicyclic) bond motifs is 1. The fourth-order valence-corrected chi connectivity index (χ4v) is 3.03. The van der Waals surface area contributed by atoms with E-state index in [2.05, 4.69) is 29.5 Å². The highest BCUT2D eigenvalue weighted by Crippen LogP contribution is 2.32. The molecule has 0 amide bonds. The van der Waals surface area contributed by atoms with Gasteiger partial charge in [-0.3, -0.25) is 0 Å². The first-order chi connectivity index (χ1) is 12.1. The van der Waals surface area contributed by atoms with E-state index in [1.165, 1.54) is 0 Å². The Morgan fingerprint density at radius 2 is 1.81 bits per heavy atom. The van der Waals surface area contributed by atoms with E-state index in [-0.39, 0.29) is 30.8 Å². The van der Waals surface area contributed by atoms with Crippen molar-refractivity contribution in [3.05, 3.63) is 23.8 Å². The van der Waals surface area contributed by atoms with Crippen LogP contribution in [0.25, 0.3) is 0 Å². The summed E-state index contributed by atoms with van der Waals surface area (Å²) >= 11 is 0. The standard InChI is InChI=1S/C19H31N3O3.HI/c1-4-9-19(23,10-5-2)13-22-18(20-6-3)21-12-15-7-8-16-17(11-15)25-14-24-16;/h7-8,11,23H,4-6,9-10,12-14H2,1-3H3,(H2,20,21,22);1H. The first-order valence-corrected chi connectivity index (χ1v) is 9.23. The molecule has 0 atom stereocenters. The minimum atomic E-state index is -0.682. The van der Waals surface area contributed by atoms with Crippen LogP contribution in [0.2, 0.25) is 0 Å². The van der Waals surface area contributed by atoms with E-state index in [0.717, 1.165) is 49.3 Å². The summed E-state index contributed by atoms with van der Waals surface area (Å²) in [6.07, 6.45) is 3.50. The lowest BCUT2D eigenvalue weighted by Gasteiger charge is -2.28. The van der Waals surface area contributed by atoms with Crippen LogP contribution in [0, 0.1) is 0 Å². The van der Waals surface area contributed by atoms with Crippen molar-refractivity contribution in [2.75, 3.05) is 19.9 Å². The van der Waals surface area contributed by atoms with Gasteiger partial charge in [-0.25, -0.2) is 4.99 Å². The number of guanidine groups is 1. The molecule has 7 heteroatoms. The zero-order valence-corrected chi connectivity index (χ0v) is 18.3. The van der Waals surface area contributed by atoms with Crippen LogP contribution in [0.4, 0.5) is 0 Å². The van der Waals surface area contributed by atoms with Crippen molar-refractivity contribution >= 4 is 29.9 Å². The van der Waals surface area contributed by atoms with E-state index < -0.39 is 5.60 Å². The van der Waals surface area contributed by atoms with Crippen molar-refractivity contribution in [3.63, 3.8) is 0 Å². The number of benzene rings is 1. The molecule has 2 rings (SSSR count). The molecule has 0 spiro atoms. The van der Waals surface area contributed by atoms with Crippen molar-refractivity contribution < 1.29 is 14.6 Å². The summed E-state index contributed by atoms with van der Waals surface area (Å²) in [6.45, 7) is 8.31. The number of nitrogens with one attached hydrogen (secondary N) is 2. The molecule has 1 heterocycles. The molecule has 1 aromatic rings. The summed E-state index contributed by atoms with van der Waals surface area (Å²) in [4.78, 5) is 4.62. The smallest absolute Gasteiger partial charge is 0.231 e. The number of aliphatic imine (C=N–C) groups is 1. The molecule has 148 valence electrons. The second kappa shape index (κ2) is 11.5. The fourth-order valence-electron chi connectivity index (χ4n) is 3.03. The minimum absolute atomic E-state index is 0. The van der Waals surface area contributed by atoms with Crippen LogP contribution < -0.4 is 20.1 Å². The maximum atomic E-state index is 10.7. The second-order valence-corrected chi connectivity index (χ2v) is 6.46. The lowest BCUT2D eigenvalue weighted by molar-refractivity contribution is 0.0257. The summed E-state index contributed by atoms with van der Waals surface area (Å²) < 4.78 is 10.7. The molecule has 0 aromatic heterocycles. The largest absolute Gasteiger partial charge is 0.454 e. The zero-order valence-electron chi connectivity index (χ0n) is 16.0. The first-order valence-electron chi connectivity index (χ1n) is 9.23. The first kappa shape index (κ1) is 22.8. The van der Waals surface area contributed by atoms with Gasteiger partial charge in [0.2, 0.25) is 6.79 Å². The average Bonchev–Trinajstić information content (AvgIpc) is 3.05. The molecule has 0 fully saturated rings. The van der Waals surface area contributed by atoms with Crippen LogP contribution in [0.3, 0.4) is 0 Å². The topological polar surface area (TPSA) is 75.1 Å². The molecular formula is C19H32IN3O3. The molecule has 0 saturated heterocycles. The summed E-state index contributed by atoms with van der Waals surface area (Å²) in [5, 5.41) is 17.3. The third-order valence-corrected chi connectivity index (χ3v) is 4.22. The molecule has 1 aliphatic rings. The average molecular weight is 477 g/mol. The fraction of sp³-hybridized carbons (Fsp3) is 0.632. The van der Waals surface area contributed by atoms with Crippen molar-refractivity contribution in [1.29, 1.82) is 0 Å². The Balaban J connectivity index is 0.00000338. The van der Waals surface area contributed by atoms with Crippen molar-refractivity contribution in [3.8, 4) is 11.5 Å². The predicted molar refractivity (Wildman–Crippen MR) is 116 cm³/mol. The number of hydrogen-bond donors (Lipinski definition) is 3. The van der Waals surface area contributed by atoms with Gasteiger partial charge in [0.1, 0.15) is 0 Å². The lowest BCUT2D eigenvalue weighted by atomic mass is 9.93. The van der Waals surface area contributed by atoms with E-state index in [9.17, 15) is 5.11 Å². The van der Waals surface area contributed by atoms with Gasteiger partial charge in [0.25, 0.3) is 0 Å². The van der Waals surface area contributed by atoms with E-state index in [4.69, 9.17) is 9.47 Å². The van der Waals surface area contributed by atoms with Gasteiger partial charge in [-0.1, -0.05) is 32.8 Å². The van der Waals surface area contributed by atoms with Gasteiger partial charge in [0, 0.05) is 13.1 Å². The molecule has 1 aliphatic heterocycles. The molecule has 0 radical (unpaired) electrons. The Labute approximate surface area is 173 Å². The number of rotatable bonds is 9. The van der Waals surface area contributed by atoms with Gasteiger partial charge in [0.05, 0.1) is 12.1 Å². The van der Waals surface area contributed by atoms with Gasteiger partial charge in [-0.2, -0.15) is 0 Å². The maximum absolute atomic E-state index is 10.7. The predicted octanol–water partition coefficient (Wildman–Crippen LogP) is 3.42. The SMILES string of the molecule is CCCC(O)(CCC)CNC(=NCc1ccc2c(c1)OCO2)NCC.I. The molecular weight excluding hydrogens is 445 g/mol. The maximum Gasteiger partial charge on any atom is 0.231 e. The van der Waals surface area contributed by atoms with Crippen LogP contribution in [0.1, 0.15) is 52.0 Å². The number of nitrogens with zero attached hydrogens (tertiary/aromatic N) is 1. The van der Waals surface area contributed by atoms with Crippen LogP contribution in [-0.2, 0) is 6.54 Å². The Morgan fingerprint density at radius 3 is 2.46 bits per heavy atom. The molecule has 6 nitrogen and oxygen atoms in total. The van der Waals surface area contributed by atoms with Crippen LogP contribution in [0.5, 0.6) is 11.5 Å². The van der Waals surface area contributed by atoms with E-state index >= 15 is 0 Å². The Hall–Kier alpha value is -1.22. The Bertz CT molecular complexity index is 575. The number of hydrogen-bond acceptors (Lipinski definition) is 4.